The van der Waals surface area contributed by atoms with Gasteiger partial charge in [-0.05, 0) is 6.92 Å². The van der Waals surface area contributed by atoms with Crippen molar-refractivity contribution in [3.8, 4) is 0 Å². The molecule has 2 rings (SSSR count). The van der Waals surface area contributed by atoms with E-state index in [0.29, 0.717) is 0 Å². The summed E-state index contributed by atoms with van der Waals surface area (Å²) in [5.74, 6) is 0.110. The first kappa shape index (κ1) is 17.2. The van der Waals surface area contributed by atoms with Crippen molar-refractivity contribution >= 4 is 5.78 Å². The van der Waals surface area contributed by atoms with Gasteiger partial charge in [0.05, 0.1) is 0 Å². The third-order valence-electron chi connectivity index (χ3n) is 2.50. The summed E-state index contributed by atoms with van der Waals surface area (Å²) in [7, 11) is -4.94. The number of ketones is 1. The first-order chi connectivity index (χ1) is 9.75. The molecule has 2 aromatic rings. The van der Waals surface area contributed by atoms with Crippen molar-refractivity contribution in [2.75, 3.05) is 0 Å². The van der Waals surface area contributed by atoms with Crippen molar-refractivity contribution < 1.29 is 38.2 Å². The highest BCUT2D eigenvalue weighted by molar-refractivity contribution is 5.93. The Morgan fingerprint density at radius 3 is 1.90 bits per heavy atom. The zero-order valence-corrected chi connectivity index (χ0v) is 12.0. The van der Waals surface area contributed by atoms with Crippen molar-refractivity contribution in [1.82, 2.24) is 0 Å². The van der Waals surface area contributed by atoms with Crippen LogP contribution in [-0.4, -0.2) is 5.78 Å². The molecule has 0 aliphatic rings. The fourth-order valence-electron chi connectivity index (χ4n) is 1.60. The Balaban J connectivity index is 0.000000383. The highest BCUT2D eigenvalue weighted by Crippen LogP contribution is 2.04. The van der Waals surface area contributed by atoms with E-state index in [1.54, 1.807) is 6.92 Å². The molecule has 0 bridgehead atoms. The molecule has 1 heterocycles. The van der Waals surface area contributed by atoms with Crippen LogP contribution in [0, 0.1) is 10.2 Å². The molecular weight excluding hydrogens is 298 g/mol. The molecule has 0 aliphatic heterocycles. The van der Waals surface area contributed by atoms with Crippen molar-refractivity contribution in [2.45, 2.75) is 13.5 Å². The molecule has 0 saturated heterocycles. The number of nitrogens with zero attached hydrogens (tertiary/aromatic N) is 1. The van der Waals surface area contributed by atoms with E-state index < -0.39 is 10.2 Å². The normalized spacial score (nSPS) is 10.5. The highest BCUT2D eigenvalue weighted by Gasteiger charge is 2.02. The Kier molecular flexibility index (Phi) is 6.41. The van der Waals surface area contributed by atoms with Crippen molar-refractivity contribution in [1.29, 1.82) is 0 Å². The van der Waals surface area contributed by atoms with Gasteiger partial charge in [-0.1, -0.05) is 30.3 Å². The molecule has 1 aromatic carbocycles. The Bertz CT molecular complexity index is 560. The largest absolute Gasteiger partial charge is 0.295 e. The molecule has 1 aromatic heterocycles. The fraction of sp³-hybridized carbons (Fsp3) is 0.143. The van der Waals surface area contributed by atoms with Crippen LogP contribution < -0.4 is 23.2 Å². The lowest BCUT2D eigenvalue weighted by molar-refractivity contribution is -2.00. The van der Waals surface area contributed by atoms with Gasteiger partial charge in [0.25, 0.3) is 0 Å². The third-order valence-corrected chi connectivity index (χ3v) is 2.50. The minimum Gasteiger partial charge on any atom is -0.295 e. The van der Waals surface area contributed by atoms with Crippen LogP contribution in [0.2, 0.25) is 0 Å². The number of rotatable bonds is 3. The summed E-state index contributed by atoms with van der Waals surface area (Å²) in [4.78, 5) is 11.1. The molecule has 0 fully saturated rings. The minimum atomic E-state index is -4.94. The Morgan fingerprint density at radius 1 is 1.00 bits per heavy atom. The van der Waals surface area contributed by atoms with Crippen LogP contribution in [0.25, 0.3) is 0 Å². The van der Waals surface area contributed by atoms with Gasteiger partial charge in [-0.25, -0.2) is 23.2 Å². The van der Waals surface area contributed by atoms with Crippen LogP contribution in [-0.2, 0) is 6.54 Å². The SMILES string of the molecule is CC(=O)c1ccc(C[n+]2ccccc2)cc1.[O-][Cl+3]([O-])([O-])[O-]. The molecule has 0 saturated carbocycles. The fourth-order valence-corrected chi connectivity index (χ4v) is 1.60. The number of benzene rings is 1. The second-order valence-corrected chi connectivity index (χ2v) is 4.93. The summed E-state index contributed by atoms with van der Waals surface area (Å²) in [5.41, 5.74) is 1.96. The predicted molar refractivity (Wildman–Crippen MR) is 62.2 cm³/mol. The zero-order chi connectivity index (χ0) is 15.9. The van der Waals surface area contributed by atoms with Crippen molar-refractivity contribution in [3.05, 3.63) is 66.0 Å². The van der Waals surface area contributed by atoms with Gasteiger partial charge in [-0.3, -0.25) is 4.79 Å². The molecule has 7 heteroatoms. The molecule has 0 atom stereocenters. The molecular formula is C14H14ClNO5. The van der Waals surface area contributed by atoms with Crippen molar-refractivity contribution in [2.24, 2.45) is 0 Å². The number of hydrogen-bond donors (Lipinski definition) is 0. The van der Waals surface area contributed by atoms with Crippen LogP contribution in [0.5, 0.6) is 0 Å². The van der Waals surface area contributed by atoms with E-state index in [-0.39, 0.29) is 5.78 Å². The molecule has 0 unspecified atom stereocenters. The van der Waals surface area contributed by atoms with Crippen LogP contribution in [0.4, 0.5) is 0 Å². The van der Waals surface area contributed by atoms with Gasteiger partial charge in [0, 0.05) is 23.3 Å². The Hall–Kier alpha value is -1.83. The smallest absolute Gasteiger partial charge is 0.173 e. The number of carbonyl (C=O) groups is 1. The van der Waals surface area contributed by atoms with Crippen LogP contribution >= 0.6 is 0 Å². The van der Waals surface area contributed by atoms with Crippen LogP contribution in [0.15, 0.2) is 54.9 Å². The van der Waals surface area contributed by atoms with Gasteiger partial charge in [-0.15, -0.1) is 10.2 Å². The number of pyridine rings is 1. The van der Waals surface area contributed by atoms with E-state index in [9.17, 15) is 4.79 Å². The number of halogens is 1. The standard InChI is InChI=1S/C14H14NO.ClHO4/c1-12(16)14-7-5-13(6-8-14)11-15-9-3-2-4-10-15;2-1(3,4)5/h2-10H,11H2,1H3;(H,2,3,4,5)/q+1;/p-1. The molecule has 0 aliphatic carbocycles. The average Bonchev–Trinajstić information content (AvgIpc) is 2.38. The molecule has 21 heavy (non-hydrogen) atoms. The van der Waals surface area contributed by atoms with Gasteiger partial charge < -0.3 is 0 Å². The molecule has 0 radical (unpaired) electrons. The lowest BCUT2D eigenvalue weighted by atomic mass is 10.1. The quantitative estimate of drug-likeness (QED) is 0.458. The maximum atomic E-state index is 11.1. The molecule has 0 spiro atoms. The van der Waals surface area contributed by atoms with E-state index in [1.165, 1.54) is 5.56 Å². The van der Waals surface area contributed by atoms with Gasteiger partial charge >= 0.3 is 0 Å². The molecule has 112 valence electrons. The van der Waals surface area contributed by atoms with E-state index in [2.05, 4.69) is 4.57 Å². The highest BCUT2D eigenvalue weighted by atomic mass is 35.7. The first-order valence-corrected chi connectivity index (χ1v) is 7.15. The first-order valence-electron chi connectivity index (χ1n) is 5.91. The maximum Gasteiger partial charge on any atom is 0.173 e. The summed E-state index contributed by atoms with van der Waals surface area (Å²) in [6.07, 6.45) is 4.05. The van der Waals surface area contributed by atoms with E-state index in [4.69, 9.17) is 18.6 Å². The van der Waals surface area contributed by atoms with E-state index >= 15 is 0 Å². The second-order valence-electron chi connectivity index (χ2n) is 4.18. The second kappa shape index (κ2) is 7.82. The van der Waals surface area contributed by atoms with Crippen molar-refractivity contribution in [3.63, 3.8) is 0 Å². The number of carbonyl (C=O) groups excluding carboxylic acids is 1. The van der Waals surface area contributed by atoms with Gasteiger partial charge in [0.2, 0.25) is 0 Å². The average molecular weight is 312 g/mol. The summed E-state index contributed by atoms with van der Waals surface area (Å²) < 4.78 is 36.1. The third kappa shape index (κ3) is 8.13. The van der Waals surface area contributed by atoms with Gasteiger partial charge in [-0.2, -0.15) is 0 Å². The lowest BCUT2D eigenvalue weighted by Gasteiger charge is -2.17. The topological polar surface area (TPSA) is 113 Å². The number of aromatic nitrogens is 1. The molecule has 0 N–H and O–H groups in total. The Labute approximate surface area is 124 Å². The predicted octanol–water partition coefficient (Wildman–Crippen LogP) is -2.53. The number of hydrogen-bond acceptors (Lipinski definition) is 5. The molecule has 0 amide bonds. The minimum absolute atomic E-state index is 0.110. The summed E-state index contributed by atoms with van der Waals surface area (Å²) in [6.45, 7) is 2.42. The zero-order valence-electron chi connectivity index (χ0n) is 11.3. The summed E-state index contributed by atoms with van der Waals surface area (Å²) in [5, 5.41) is 0. The monoisotopic (exact) mass is 311 g/mol. The Morgan fingerprint density at radius 2 is 1.48 bits per heavy atom. The number of Topliss-reactive ketones (excluding diaryl/α,β-unsaturated/α-hetero) is 1. The summed E-state index contributed by atoms with van der Waals surface area (Å²) >= 11 is 0. The van der Waals surface area contributed by atoms with E-state index in [0.717, 1.165) is 12.1 Å². The lowest BCUT2D eigenvalue weighted by Crippen LogP contribution is -2.68. The van der Waals surface area contributed by atoms with Crippen LogP contribution in [0.3, 0.4) is 0 Å². The maximum absolute atomic E-state index is 11.1. The van der Waals surface area contributed by atoms with Gasteiger partial charge in [0.1, 0.15) is 0 Å². The van der Waals surface area contributed by atoms with Crippen LogP contribution in [0.1, 0.15) is 22.8 Å². The summed E-state index contributed by atoms with van der Waals surface area (Å²) in [6, 6.07) is 13.7. The van der Waals surface area contributed by atoms with E-state index in [1.807, 2.05) is 54.9 Å². The van der Waals surface area contributed by atoms with Gasteiger partial charge in [0.15, 0.2) is 24.7 Å². The molecule has 6 nitrogen and oxygen atoms in total.